The predicted octanol–water partition coefficient (Wildman–Crippen LogP) is 1.41. The quantitative estimate of drug-likeness (QED) is 0.829. The zero-order valence-corrected chi connectivity index (χ0v) is 8.91. The van der Waals surface area contributed by atoms with Gasteiger partial charge in [-0.2, -0.15) is 0 Å². The van der Waals surface area contributed by atoms with Crippen LogP contribution in [0, 0.1) is 6.92 Å². The Morgan fingerprint density at radius 1 is 1.60 bits per heavy atom. The fourth-order valence-corrected chi connectivity index (χ4v) is 1.69. The maximum Gasteiger partial charge on any atom is 0.287 e. The molecule has 0 atom stereocenters. The average molecular weight is 235 g/mol. The summed E-state index contributed by atoms with van der Waals surface area (Å²) in [5.74, 6) is -3.80. The fourth-order valence-electron chi connectivity index (χ4n) is 0.909. The van der Waals surface area contributed by atoms with Crippen molar-refractivity contribution in [3.8, 4) is 0 Å². The van der Waals surface area contributed by atoms with E-state index in [0.717, 1.165) is 4.88 Å². The molecule has 1 aromatic heterocycles. The molecule has 1 rings (SSSR count). The molecule has 6 heteroatoms. The third kappa shape index (κ3) is 3.56. The first kappa shape index (κ1) is 12.1. The number of nitrogens with one attached hydrogen (secondary N) is 1. The minimum atomic E-state index is -3.26. The van der Waals surface area contributed by atoms with Crippen LogP contribution >= 0.6 is 11.3 Å². The molecule has 2 N–H and O–H groups in total. The number of rotatable bonds is 4. The van der Waals surface area contributed by atoms with Gasteiger partial charge in [0.15, 0.2) is 0 Å². The lowest BCUT2D eigenvalue weighted by Gasteiger charge is -2.13. The third-order valence-corrected chi connectivity index (χ3v) is 2.70. The molecule has 0 spiro atoms. The van der Waals surface area contributed by atoms with Crippen LogP contribution in [0.15, 0.2) is 12.1 Å². The number of aryl methyl sites for hydroxylation is 1. The van der Waals surface area contributed by atoms with Crippen LogP contribution in [0.3, 0.4) is 0 Å². The van der Waals surface area contributed by atoms with E-state index in [4.69, 9.17) is 5.11 Å². The van der Waals surface area contributed by atoms with Gasteiger partial charge in [-0.25, -0.2) is 8.78 Å². The van der Waals surface area contributed by atoms with Gasteiger partial charge in [0.2, 0.25) is 0 Å². The van der Waals surface area contributed by atoms with Gasteiger partial charge in [-0.1, -0.05) is 0 Å². The van der Waals surface area contributed by atoms with Crippen molar-refractivity contribution in [2.45, 2.75) is 12.8 Å². The van der Waals surface area contributed by atoms with E-state index in [-0.39, 0.29) is 0 Å². The van der Waals surface area contributed by atoms with Crippen LogP contribution in [0.1, 0.15) is 14.5 Å². The molecule has 0 unspecified atom stereocenters. The summed E-state index contributed by atoms with van der Waals surface area (Å²) in [6.45, 7) is -0.292. The monoisotopic (exact) mass is 235 g/mol. The van der Waals surface area contributed by atoms with Crippen molar-refractivity contribution in [2.75, 3.05) is 13.2 Å². The summed E-state index contributed by atoms with van der Waals surface area (Å²) < 4.78 is 25.1. The van der Waals surface area contributed by atoms with Crippen molar-refractivity contribution < 1.29 is 18.7 Å². The van der Waals surface area contributed by atoms with Crippen LogP contribution in [0.2, 0.25) is 0 Å². The van der Waals surface area contributed by atoms with Gasteiger partial charge in [0.1, 0.15) is 6.61 Å². The summed E-state index contributed by atoms with van der Waals surface area (Å²) in [4.78, 5) is 12.6. The van der Waals surface area contributed by atoms with Gasteiger partial charge >= 0.3 is 0 Å². The van der Waals surface area contributed by atoms with E-state index in [1.165, 1.54) is 11.3 Å². The first-order chi connectivity index (χ1) is 6.94. The second kappa shape index (κ2) is 4.67. The van der Waals surface area contributed by atoms with Crippen molar-refractivity contribution >= 4 is 17.2 Å². The van der Waals surface area contributed by atoms with Crippen molar-refractivity contribution in [3.63, 3.8) is 0 Å². The van der Waals surface area contributed by atoms with Crippen LogP contribution < -0.4 is 5.32 Å². The Balaban J connectivity index is 2.50. The Labute approximate surface area is 89.7 Å². The smallest absolute Gasteiger partial charge is 0.287 e. The number of carbonyl (C=O) groups is 1. The van der Waals surface area contributed by atoms with Crippen molar-refractivity contribution in [3.05, 3.63) is 21.9 Å². The van der Waals surface area contributed by atoms with E-state index in [9.17, 15) is 13.6 Å². The van der Waals surface area contributed by atoms with Crippen LogP contribution in [0.25, 0.3) is 0 Å². The zero-order chi connectivity index (χ0) is 11.5. The molecule has 0 bridgehead atoms. The van der Waals surface area contributed by atoms with E-state index < -0.39 is 25.0 Å². The third-order valence-electron chi connectivity index (χ3n) is 1.70. The fraction of sp³-hybridized carbons (Fsp3) is 0.444. The van der Waals surface area contributed by atoms with Gasteiger partial charge < -0.3 is 10.4 Å². The summed E-state index contributed by atoms with van der Waals surface area (Å²) >= 11 is 1.23. The lowest BCUT2D eigenvalue weighted by atomic mass is 10.3. The molecule has 0 saturated carbocycles. The van der Waals surface area contributed by atoms with Gasteiger partial charge in [-0.3, -0.25) is 4.79 Å². The van der Waals surface area contributed by atoms with Crippen LogP contribution in [-0.4, -0.2) is 30.1 Å². The van der Waals surface area contributed by atoms with Crippen molar-refractivity contribution in [1.29, 1.82) is 0 Å². The van der Waals surface area contributed by atoms with Crippen LogP contribution in [0.4, 0.5) is 8.78 Å². The number of thiophene rings is 1. The zero-order valence-electron chi connectivity index (χ0n) is 8.09. The molecule has 1 aromatic rings. The second-order valence-corrected chi connectivity index (χ2v) is 4.39. The van der Waals surface area contributed by atoms with Crippen molar-refractivity contribution in [2.24, 2.45) is 0 Å². The number of aliphatic hydroxyl groups excluding tert-OH is 1. The van der Waals surface area contributed by atoms with Gasteiger partial charge in [-0.15, -0.1) is 11.3 Å². The molecule has 0 aromatic carbocycles. The maximum absolute atomic E-state index is 12.6. The van der Waals surface area contributed by atoms with Gasteiger partial charge in [0.25, 0.3) is 11.8 Å². The molecular weight excluding hydrogens is 224 g/mol. The molecule has 84 valence electrons. The Kier molecular flexibility index (Phi) is 3.76. The number of aliphatic hydroxyl groups is 1. The highest BCUT2D eigenvalue weighted by Crippen LogP contribution is 2.15. The topological polar surface area (TPSA) is 49.3 Å². The van der Waals surface area contributed by atoms with E-state index >= 15 is 0 Å². The lowest BCUT2D eigenvalue weighted by molar-refractivity contribution is -0.0461. The number of carbonyl (C=O) groups excluding carboxylic acids is 1. The maximum atomic E-state index is 12.6. The summed E-state index contributed by atoms with van der Waals surface area (Å²) in [6.07, 6.45) is 0. The lowest BCUT2D eigenvalue weighted by Crippen LogP contribution is -2.38. The number of amides is 1. The molecule has 1 heterocycles. The van der Waals surface area contributed by atoms with Crippen LogP contribution in [0.5, 0.6) is 0 Å². The summed E-state index contributed by atoms with van der Waals surface area (Å²) in [7, 11) is 0. The molecule has 0 radical (unpaired) electrons. The molecule has 0 fully saturated rings. The summed E-state index contributed by atoms with van der Waals surface area (Å²) in [5.41, 5.74) is 0. The van der Waals surface area contributed by atoms with Crippen LogP contribution in [-0.2, 0) is 0 Å². The Morgan fingerprint density at radius 3 is 2.73 bits per heavy atom. The van der Waals surface area contributed by atoms with Gasteiger partial charge in [0.05, 0.1) is 11.4 Å². The highest BCUT2D eigenvalue weighted by Gasteiger charge is 2.28. The SMILES string of the molecule is Cc1ccc(C(=O)NCC(F)(F)CO)s1. The largest absolute Gasteiger partial charge is 0.390 e. The molecule has 15 heavy (non-hydrogen) atoms. The Hall–Kier alpha value is -1.01. The summed E-state index contributed by atoms with van der Waals surface area (Å²) in [6, 6.07) is 3.32. The number of hydrogen-bond acceptors (Lipinski definition) is 3. The molecule has 0 aliphatic rings. The minimum Gasteiger partial charge on any atom is -0.390 e. The second-order valence-electron chi connectivity index (χ2n) is 3.11. The molecule has 0 aliphatic heterocycles. The van der Waals surface area contributed by atoms with E-state index in [0.29, 0.717) is 4.88 Å². The molecule has 1 amide bonds. The highest BCUT2D eigenvalue weighted by molar-refractivity contribution is 7.13. The van der Waals surface area contributed by atoms with Gasteiger partial charge in [-0.05, 0) is 19.1 Å². The minimum absolute atomic E-state index is 0.390. The molecule has 0 aliphatic carbocycles. The first-order valence-corrected chi connectivity index (χ1v) is 5.09. The average Bonchev–Trinajstić information content (AvgIpc) is 2.61. The van der Waals surface area contributed by atoms with Gasteiger partial charge in [0, 0.05) is 4.88 Å². The highest BCUT2D eigenvalue weighted by atomic mass is 32.1. The van der Waals surface area contributed by atoms with Crippen molar-refractivity contribution in [1.82, 2.24) is 5.32 Å². The number of hydrogen-bond donors (Lipinski definition) is 2. The van der Waals surface area contributed by atoms with E-state index in [2.05, 4.69) is 5.32 Å². The first-order valence-electron chi connectivity index (χ1n) is 4.28. The van der Waals surface area contributed by atoms with E-state index in [1.807, 2.05) is 6.92 Å². The molecular formula is C9H11F2NO2S. The predicted molar refractivity (Wildman–Crippen MR) is 53.4 cm³/mol. The molecule has 3 nitrogen and oxygen atoms in total. The van der Waals surface area contributed by atoms with E-state index in [1.54, 1.807) is 12.1 Å². The summed E-state index contributed by atoms with van der Waals surface area (Å²) in [5, 5.41) is 10.3. The number of alkyl halides is 2. The standard InChI is InChI=1S/C9H11F2NO2S/c1-6-2-3-7(15-6)8(14)12-4-9(10,11)5-13/h2-3,13H,4-5H2,1H3,(H,12,14). The Bertz CT molecular complexity index is 352. The number of halogens is 2. The normalized spacial score (nSPS) is 11.5. The Morgan fingerprint density at radius 2 is 2.27 bits per heavy atom. The molecule has 0 saturated heterocycles.